The van der Waals surface area contributed by atoms with Crippen LogP contribution in [0.15, 0.2) is 18.3 Å². The molecule has 5 nitrogen and oxygen atoms in total. The van der Waals surface area contributed by atoms with Gasteiger partial charge in [-0.2, -0.15) is 4.98 Å². The predicted molar refractivity (Wildman–Crippen MR) is 71.7 cm³/mol. The van der Waals surface area contributed by atoms with Gasteiger partial charge in [-0.1, -0.05) is 0 Å². The topological polar surface area (TPSA) is 45.5 Å². The Hall–Kier alpha value is -1.69. The fourth-order valence-electron chi connectivity index (χ4n) is 2.52. The first-order chi connectivity index (χ1) is 9.11. The lowest BCUT2D eigenvalue weighted by molar-refractivity contribution is 0.190. The zero-order chi connectivity index (χ0) is 13.4. The lowest BCUT2D eigenvalue weighted by atomic mass is 9.99. The van der Waals surface area contributed by atoms with Gasteiger partial charge >= 0.3 is 0 Å². The zero-order valence-electron chi connectivity index (χ0n) is 11.2. The molecule has 6 heteroatoms. The Balaban J connectivity index is 1.74. The van der Waals surface area contributed by atoms with E-state index in [9.17, 15) is 4.39 Å². The second-order valence-electron chi connectivity index (χ2n) is 5.28. The van der Waals surface area contributed by atoms with Crippen molar-refractivity contribution in [2.75, 3.05) is 18.9 Å². The van der Waals surface area contributed by atoms with Gasteiger partial charge in [0.1, 0.15) is 5.82 Å². The SMILES string of the molecule is CC1CC(Nc2nc3ccc(F)cn3n2)CCN1C. The highest BCUT2D eigenvalue weighted by Crippen LogP contribution is 2.18. The van der Waals surface area contributed by atoms with Gasteiger partial charge in [0, 0.05) is 18.6 Å². The first-order valence-electron chi connectivity index (χ1n) is 6.60. The summed E-state index contributed by atoms with van der Waals surface area (Å²) in [5.74, 6) is 0.268. The van der Waals surface area contributed by atoms with E-state index in [0.717, 1.165) is 19.4 Å². The van der Waals surface area contributed by atoms with Crippen molar-refractivity contribution < 1.29 is 4.39 Å². The van der Waals surface area contributed by atoms with Crippen LogP contribution in [-0.2, 0) is 0 Å². The number of hydrogen-bond donors (Lipinski definition) is 1. The lowest BCUT2D eigenvalue weighted by Crippen LogP contribution is -2.42. The predicted octanol–water partition coefficient (Wildman–Crippen LogP) is 1.76. The summed E-state index contributed by atoms with van der Waals surface area (Å²) < 4.78 is 14.6. The second kappa shape index (κ2) is 4.77. The summed E-state index contributed by atoms with van der Waals surface area (Å²) in [7, 11) is 2.15. The molecule has 3 heterocycles. The molecule has 2 unspecified atom stereocenters. The number of nitrogens with zero attached hydrogens (tertiary/aromatic N) is 4. The van der Waals surface area contributed by atoms with E-state index in [2.05, 4.69) is 34.3 Å². The number of nitrogens with one attached hydrogen (secondary N) is 1. The number of aromatic nitrogens is 3. The number of hydrogen-bond acceptors (Lipinski definition) is 4. The maximum atomic E-state index is 13.1. The summed E-state index contributed by atoms with van der Waals surface area (Å²) in [6, 6.07) is 3.96. The molecule has 0 saturated carbocycles. The molecule has 0 radical (unpaired) electrons. The van der Waals surface area contributed by atoms with Crippen molar-refractivity contribution in [2.45, 2.75) is 31.8 Å². The molecule has 1 fully saturated rings. The quantitative estimate of drug-likeness (QED) is 0.897. The highest BCUT2D eigenvalue weighted by Gasteiger charge is 2.23. The summed E-state index contributed by atoms with van der Waals surface area (Å²) in [6.45, 7) is 3.29. The molecule has 1 aliphatic rings. The van der Waals surface area contributed by atoms with Crippen LogP contribution in [0.2, 0.25) is 0 Å². The standard InChI is InChI=1S/C13H18FN5/c1-9-7-11(5-6-18(9)2)15-13-16-12-4-3-10(14)8-19(12)17-13/h3-4,8-9,11H,5-7H2,1-2H3,(H,15,17). The van der Waals surface area contributed by atoms with Gasteiger partial charge in [-0.05, 0) is 38.9 Å². The van der Waals surface area contributed by atoms with Crippen LogP contribution in [0.4, 0.5) is 10.3 Å². The van der Waals surface area contributed by atoms with Crippen molar-refractivity contribution >= 4 is 11.6 Å². The molecule has 0 spiro atoms. The average Bonchev–Trinajstić information content (AvgIpc) is 2.75. The van der Waals surface area contributed by atoms with Crippen LogP contribution in [0.25, 0.3) is 5.65 Å². The van der Waals surface area contributed by atoms with Crippen molar-refractivity contribution in [3.8, 4) is 0 Å². The van der Waals surface area contributed by atoms with Crippen LogP contribution < -0.4 is 5.32 Å². The highest BCUT2D eigenvalue weighted by atomic mass is 19.1. The van der Waals surface area contributed by atoms with E-state index >= 15 is 0 Å². The summed E-state index contributed by atoms with van der Waals surface area (Å²) >= 11 is 0. The number of pyridine rings is 1. The Morgan fingerprint density at radius 3 is 3.05 bits per heavy atom. The molecule has 2 aromatic heterocycles. The van der Waals surface area contributed by atoms with Crippen LogP contribution in [0.5, 0.6) is 0 Å². The maximum Gasteiger partial charge on any atom is 0.243 e. The minimum absolute atomic E-state index is 0.308. The molecule has 0 bridgehead atoms. The molecule has 1 N–H and O–H groups in total. The molecular weight excluding hydrogens is 245 g/mol. The van der Waals surface area contributed by atoms with Gasteiger partial charge in [-0.25, -0.2) is 8.91 Å². The van der Waals surface area contributed by atoms with Crippen LogP contribution in [0.1, 0.15) is 19.8 Å². The van der Waals surface area contributed by atoms with E-state index in [-0.39, 0.29) is 5.82 Å². The molecule has 0 amide bonds. The van der Waals surface area contributed by atoms with Crippen LogP contribution in [0.3, 0.4) is 0 Å². The highest BCUT2D eigenvalue weighted by molar-refractivity contribution is 5.43. The minimum Gasteiger partial charge on any atom is -0.350 e. The third-order valence-corrected chi connectivity index (χ3v) is 3.84. The van der Waals surface area contributed by atoms with Crippen molar-refractivity contribution in [2.24, 2.45) is 0 Å². The Morgan fingerprint density at radius 2 is 2.26 bits per heavy atom. The van der Waals surface area contributed by atoms with E-state index in [1.54, 1.807) is 6.07 Å². The zero-order valence-corrected chi connectivity index (χ0v) is 11.2. The van der Waals surface area contributed by atoms with E-state index in [1.807, 2.05) is 0 Å². The van der Waals surface area contributed by atoms with Gasteiger partial charge in [0.05, 0.1) is 6.20 Å². The molecule has 19 heavy (non-hydrogen) atoms. The van der Waals surface area contributed by atoms with E-state index in [0.29, 0.717) is 23.7 Å². The third-order valence-electron chi connectivity index (χ3n) is 3.84. The fraction of sp³-hybridized carbons (Fsp3) is 0.538. The molecular formula is C13H18FN5. The monoisotopic (exact) mass is 263 g/mol. The molecule has 2 aromatic rings. The number of halogens is 1. The fourth-order valence-corrected chi connectivity index (χ4v) is 2.52. The van der Waals surface area contributed by atoms with E-state index in [4.69, 9.17) is 0 Å². The van der Waals surface area contributed by atoms with Gasteiger partial charge in [0.15, 0.2) is 5.65 Å². The number of likely N-dealkylation sites (tertiary alicyclic amines) is 1. The summed E-state index contributed by atoms with van der Waals surface area (Å²) in [6.07, 6.45) is 3.48. The first kappa shape index (κ1) is 12.3. The Morgan fingerprint density at radius 1 is 1.42 bits per heavy atom. The third kappa shape index (κ3) is 2.53. The van der Waals surface area contributed by atoms with Crippen molar-refractivity contribution in [1.29, 1.82) is 0 Å². The Bertz CT molecular complexity index is 581. The maximum absolute atomic E-state index is 13.1. The van der Waals surface area contributed by atoms with Gasteiger partial charge in [-0.15, -0.1) is 5.10 Å². The number of anilines is 1. The lowest BCUT2D eigenvalue weighted by Gasteiger charge is -2.35. The van der Waals surface area contributed by atoms with Crippen molar-refractivity contribution in [3.05, 3.63) is 24.1 Å². The number of fused-ring (bicyclic) bond motifs is 1. The van der Waals surface area contributed by atoms with Gasteiger partial charge in [0.2, 0.25) is 5.95 Å². The van der Waals surface area contributed by atoms with Crippen LogP contribution in [0, 0.1) is 5.82 Å². The molecule has 3 rings (SSSR count). The second-order valence-corrected chi connectivity index (χ2v) is 5.28. The van der Waals surface area contributed by atoms with E-state index < -0.39 is 0 Å². The molecule has 1 aliphatic heterocycles. The molecule has 102 valence electrons. The number of piperidine rings is 1. The van der Waals surface area contributed by atoms with Gasteiger partial charge in [-0.3, -0.25) is 0 Å². The molecule has 0 aliphatic carbocycles. The van der Waals surface area contributed by atoms with Crippen LogP contribution >= 0.6 is 0 Å². The Kier molecular flexibility index (Phi) is 3.10. The minimum atomic E-state index is -0.308. The van der Waals surface area contributed by atoms with Gasteiger partial charge in [0.25, 0.3) is 0 Å². The first-order valence-corrected chi connectivity index (χ1v) is 6.60. The molecule has 0 aromatic carbocycles. The molecule has 2 atom stereocenters. The van der Waals surface area contributed by atoms with Crippen molar-refractivity contribution in [1.82, 2.24) is 19.5 Å². The van der Waals surface area contributed by atoms with Gasteiger partial charge < -0.3 is 10.2 Å². The Labute approximate surface area is 111 Å². The van der Waals surface area contributed by atoms with Crippen LogP contribution in [-0.4, -0.2) is 45.2 Å². The summed E-state index contributed by atoms with van der Waals surface area (Å²) in [4.78, 5) is 6.70. The smallest absolute Gasteiger partial charge is 0.243 e. The number of rotatable bonds is 2. The largest absolute Gasteiger partial charge is 0.350 e. The van der Waals surface area contributed by atoms with E-state index in [1.165, 1.54) is 16.8 Å². The van der Waals surface area contributed by atoms with Crippen molar-refractivity contribution in [3.63, 3.8) is 0 Å². The summed E-state index contributed by atoms with van der Waals surface area (Å²) in [5, 5.41) is 7.60. The summed E-state index contributed by atoms with van der Waals surface area (Å²) in [5.41, 5.74) is 0.657. The normalized spacial score (nSPS) is 24.8. The molecule has 1 saturated heterocycles. The average molecular weight is 263 g/mol.